The van der Waals surface area contributed by atoms with Crippen molar-refractivity contribution in [2.45, 2.75) is 58.2 Å². The summed E-state index contributed by atoms with van der Waals surface area (Å²) in [5, 5.41) is 15.7. The lowest BCUT2D eigenvalue weighted by atomic mass is 9.77. The van der Waals surface area contributed by atoms with Gasteiger partial charge in [0.25, 0.3) is 0 Å². The fourth-order valence-corrected chi connectivity index (χ4v) is 8.30. The van der Waals surface area contributed by atoms with Gasteiger partial charge in [0, 0.05) is 29.5 Å². The van der Waals surface area contributed by atoms with Crippen molar-refractivity contribution in [1.82, 2.24) is 29.8 Å². The zero-order valence-corrected chi connectivity index (χ0v) is 34.1. The number of esters is 1. The molecule has 0 saturated carbocycles. The number of imidazole rings is 1. The molecule has 0 atom stereocenters. The minimum absolute atomic E-state index is 0.148. The van der Waals surface area contributed by atoms with E-state index >= 15 is 0 Å². The summed E-state index contributed by atoms with van der Waals surface area (Å²) < 4.78 is 14.8. The number of aromatic nitrogens is 6. The second kappa shape index (κ2) is 16.3. The molecule has 9 nitrogen and oxygen atoms in total. The number of benzene rings is 5. The van der Waals surface area contributed by atoms with Gasteiger partial charge in [-0.2, -0.15) is 0 Å². The van der Waals surface area contributed by atoms with Crippen molar-refractivity contribution in [1.29, 1.82) is 0 Å². The molecule has 0 N–H and O–H groups in total. The van der Waals surface area contributed by atoms with Crippen LogP contribution in [0.15, 0.2) is 142 Å². The molecule has 0 unspecified atom stereocenters. The number of halogens is 2. The van der Waals surface area contributed by atoms with Gasteiger partial charge >= 0.3 is 5.97 Å². The predicted octanol–water partition coefficient (Wildman–Crippen LogP) is 11.2. The van der Waals surface area contributed by atoms with Crippen molar-refractivity contribution >= 4 is 44.5 Å². The Kier molecular flexibility index (Phi) is 10.9. The van der Waals surface area contributed by atoms with E-state index in [1.54, 1.807) is 4.80 Å². The van der Waals surface area contributed by atoms with Crippen LogP contribution >= 0.6 is 27.5 Å². The van der Waals surface area contributed by atoms with Crippen LogP contribution in [0, 0.1) is 0 Å². The second-order valence-corrected chi connectivity index (χ2v) is 15.3. The maximum absolute atomic E-state index is 13.2. The molecule has 8 aromatic rings. The third kappa shape index (κ3) is 7.19. The molecule has 0 bridgehead atoms. The van der Waals surface area contributed by atoms with E-state index in [2.05, 4.69) is 70.3 Å². The maximum atomic E-state index is 13.2. The van der Waals surface area contributed by atoms with Crippen molar-refractivity contribution in [3.8, 4) is 22.7 Å². The van der Waals surface area contributed by atoms with Gasteiger partial charge in [-0.25, -0.2) is 9.78 Å². The summed E-state index contributed by atoms with van der Waals surface area (Å²) in [6, 6.07) is 44.7. The van der Waals surface area contributed by atoms with Crippen LogP contribution in [0.25, 0.3) is 33.7 Å². The van der Waals surface area contributed by atoms with Crippen LogP contribution < -0.4 is 0 Å². The molecule has 0 fully saturated rings. The van der Waals surface area contributed by atoms with Crippen molar-refractivity contribution < 1.29 is 13.9 Å². The fourth-order valence-electron chi connectivity index (χ4n) is 7.42. The topological polar surface area (TPSA) is 101 Å². The summed E-state index contributed by atoms with van der Waals surface area (Å²) in [5.41, 5.74) is 5.52. The molecular weight excluding hydrogens is 800 g/mol. The number of tetrazole rings is 1. The van der Waals surface area contributed by atoms with Crippen molar-refractivity contribution in [2.24, 2.45) is 0 Å². The first-order valence-corrected chi connectivity index (χ1v) is 20.2. The first-order valence-electron chi connectivity index (χ1n) is 19.0. The highest BCUT2D eigenvalue weighted by Gasteiger charge is 2.41. The van der Waals surface area contributed by atoms with Crippen molar-refractivity contribution in [3.05, 3.63) is 177 Å². The van der Waals surface area contributed by atoms with Gasteiger partial charge < -0.3 is 13.7 Å². The fraction of sp³-hybridized carbons (Fsp3) is 0.196. The average molecular weight is 840 g/mol. The lowest BCUT2D eigenvalue weighted by molar-refractivity contribution is 0.0365. The zero-order chi connectivity index (χ0) is 39.5. The van der Waals surface area contributed by atoms with Crippen LogP contribution in [0.5, 0.6) is 0 Å². The summed E-state index contributed by atoms with van der Waals surface area (Å²) >= 11 is 10.5. The van der Waals surface area contributed by atoms with Gasteiger partial charge in [-0.1, -0.05) is 146 Å². The molecule has 8 rings (SSSR count). The zero-order valence-electron chi connectivity index (χ0n) is 31.8. The van der Waals surface area contributed by atoms with Crippen molar-refractivity contribution in [3.63, 3.8) is 0 Å². The average Bonchev–Trinajstić information content (AvgIpc) is 3.94. The Morgan fingerprint density at radius 3 is 2.04 bits per heavy atom. The van der Waals surface area contributed by atoms with E-state index in [0.29, 0.717) is 30.1 Å². The number of rotatable bonds is 13. The number of hydrogen-bond donors (Lipinski definition) is 0. The SMILES string of the molecule is CCCCc1nc(Cl)c(C(=O)OC(C)C)n1Cc1ccc2oc(-c3ccccc3-c3nnn(C(c4ccccc4)(c4ccccc4)c4ccccc4)n3)c(Br)c2c1. The molecule has 286 valence electrons. The summed E-state index contributed by atoms with van der Waals surface area (Å²) in [6.45, 7) is 6.13. The Bertz CT molecular complexity index is 2560. The first-order chi connectivity index (χ1) is 27.8. The van der Waals surface area contributed by atoms with Crippen LogP contribution in [0.1, 0.15) is 72.2 Å². The Hall–Kier alpha value is -5.84. The van der Waals surface area contributed by atoms with E-state index in [-0.39, 0.29) is 17.0 Å². The Morgan fingerprint density at radius 2 is 1.44 bits per heavy atom. The van der Waals surface area contributed by atoms with E-state index < -0.39 is 11.5 Å². The maximum Gasteiger partial charge on any atom is 0.358 e. The van der Waals surface area contributed by atoms with Gasteiger partial charge in [-0.15, -0.1) is 15.0 Å². The molecule has 0 aliphatic rings. The molecule has 0 amide bonds. The van der Waals surface area contributed by atoms with Crippen LogP contribution in [-0.4, -0.2) is 41.8 Å². The predicted molar refractivity (Wildman–Crippen MR) is 226 cm³/mol. The molecule has 3 heterocycles. The first kappa shape index (κ1) is 38.1. The summed E-state index contributed by atoms with van der Waals surface area (Å²) in [5.74, 6) is 1.33. The second-order valence-electron chi connectivity index (χ2n) is 14.1. The molecule has 0 radical (unpaired) electrons. The van der Waals surface area contributed by atoms with E-state index in [4.69, 9.17) is 36.2 Å². The number of hydrogen-bond acceptors (Lipinski definition) is 7. The molecule has 11 heteroatoms. The summed E-state index contributed by atoms with van der Waals surface area (Å²) in [6.07, 6.45) is 2.28. The number of nitrogens with zero attached hydrogens (tertiary/aromatic N) is 6. The largest absolute Gasteiger partial charge is 0.458 e. The number of ether oxygens (including phenoxy) is 1. The molecule has 0 aliphatic heterocycles. The van der Waals surface area contributed by atoms with Crippen molar-refractivity contribution in [2.75, 3.05) is 0 Å². The van der Waals surface area contributed by atoms with E-state index in [1.807, 2.05) is 109 Å². The van der Waals surface area contributed by atoms with E-state index in [1.165, 1.54) is 0 Å². The molecule has 0 saturated heterocycles. The van der Waals surface area contributed by atoms with Gasteiger partial charge in [0.15, 0.2) is 16.4 Å². The highest BCUT2D eigenvalue weighted by molar-refractivity contribution is 9.10. The van der Waals surface area contributed by atoms with Gasteiger partial charge in [-0.05, 0) is 75.8 Å². The molecule has 0 aliphatic carbocycles. The normalized spacial score (nSPS) is 11.8. The van der Waals surface area contributed by atoms with E-state index in [9.17, 15) is 4.79 Å². The smallest absolute Gasteiger partial charge is 0.358 e. The number of unbranched alkanes of at least 4 members (excludes halogenated alkanes) is 1. The van der Waals surface area contributed by atoms with Gasteiger partial charge in [0.2, 0.25) is 5.82 Å². The Balaban J connectivity index is 1.20. The standard InChI is InChI=1S/C46H40BrClN6O3/c1-4-5-25-39-49-43(48)41(45(55)56-30(2)3)53(39)29-31-26-27-38-37(28-31)40(47)42(57-38)35-23-15-16-24-36(35)44-50-52-54(51-44)46(32-17-9-6-10-18-32,33-19-11-7-12-20-33)34-21-13-8-14-22-34/h6-24,26-28,30H,4-5,25,29H2,1-3H3. The van der Waals surface area contributed by atoms with Crippen LogP contribution in [-0.2, 0) is 23.2 Å². The molecule has 57 heavy (non-hydrogen) atoms. The monoisotopic (exact) mass is 838 g/mol. The molecular formula is C46H40BrClN6O3. The summed E-state index contributed by atoms with van der Waals surface area (Å²) in [7, 11) is 0. The van der Waals surface area contributed by atoms with Gasteiger partial charge in [-0.3, -0.25) is 0 Å². The molecule has 3 aromatic heterocycles. The Labute approximate surface area is 344 Å². The molecule has 5 aromatic carbocycles. The van der Waals surface area contributed by atoms with Gasteiger partial charge in [0.05, 0.1) is 10.6 Å². The van der Waals surface area contributed by atoms with Gasteiger partial charge in [0.1, 0.15) is 17.2 Å². The number of furan rings is 1. The quantitative estimate of drug-likeness (QED) is 0.0842. The van der Waals surface area contributed by atoms with Crippen LogP contribution in [0.2, 0.25) is 5.15 Å². The highest BCUT2D eigenvalue weighted by atomic mass is 79.9. The minimum atomic E-state index is -0.915. The number of carbonyl (C=O) groups is 1. The minimum Gasteiger partial charge on any atom is -0.458 e. The lowest BCUT2D eigenvalue weighted by Crippen LogP contribution is -2.39. The number of carbonyl (C=O) groups excluding carboxylic acids is 1. The summed E-state index contributed by atoms with van der Waals surface area (Å²) in [4.78, 5) is 19.5. The van der Waals surface area contributed by atoms with E-state index in [0.717, 1.165) is 61.9 Å². The highest BCUT2D eigenvalue weighted by Crippen LogP contribution is 2.43. The van der Waals surface area contributed by atoms with Crippen LogP contribution in [0.3, 0.4) is 0 Å². The number of aryl methyl sites for hydroxylation is 1. The van der Waals surface area contributed by atoms with Crippen LogP contribution in [0.4, 0.5) is 0 Å². The third-order valence-corrected chi connectivity index (χ3v) is 11.1. The third-order valence-electron chi connectivity index (χ3n) is 10.0. The number of fused-ring (bicyclic) bond motifs is 1. The lowest BCUT2D eigenvalue weighted by Gasteiger charge is -2.34. The molecule has 0 spiro atoms. The Morgan fingerprint density at radius 1 is 0.842 bits per heavy atom.